The average Bonchev–Trinajstić information content (AvgIpc) is 3.57. The van der Waals surface area contributed by atoms with Crippen LogP contribution in [0, 0.1) is 6.92 Å². The van der Waals surface area contributed by atoms with Crippen molar-refractivity contribution in [1.29, 1.82) is 0 Å². The zero-order valence-corrected chi connectivity index (χ0v) is 21.9. The summed E-state index contributed by atoms with van der Waals surface area (Å²) in [5, 5.41) is 4.05. The molecule has 6 heterocycles. The minimum absolute atomic E-state index is 0.219. The third kappa shape index (κ3) is 5.01. The van der Waals surface area contributed by atoms with E-state index in [1.54, 1.807) is 17.5 Å². The Morgan fingerprint density at radius 3 is 2.59 bits per heavy atom. The van der Waals surface area contributed by atoms with Gasteiger partial charge in [-0.1, -0.05) is 11.3 Å². The Hall–Kier alpha value is -3.57. The lowest BCUT2D eigenvalue weighted by molar-refractivity contribution is 0.102. The molecule has 4 aromatic heterocycles. The Labute approximate surface area is 219 Å². The predicted molar refractivity (Wildman–Crippen MR) is 146 cm³/mol. The maximum absolute atomic E-state index is 13.3. The van der Waals surface area contributed by atoms with Crippen LogP contribution in [0.25, 0.3) is 21.8 Å². The topological polar surface area (TPSA) is 104 Å². The van der Waals surface area contributed by atoms with Gasteiger partial charge in [-0.2, -0.15) is 4.98 Å². The molecule has 10 nitrogen and oxygen atoms in total. The number of aromatic nitrogens is 4. The van der Waals surface area contributed by atoms with E-state index < -0.39 is 0 Å². The van der Waals surface area contributed by atoms with Gasteiger partial charge in [0.2, 0.25) is 5.89 Å². The Morgan fingerprint density at radius 2 is 1.81 bits per heavy atom. The van der Waals surface area contributed by atoms with Crippen molar-refractivity contribution in [3.8, 4) is 11.5 Å². The molecule has 11 heteroatoms. The van der Waals surface area contributed by atoms with E-state index in [4.69, 9.17) is 14.4 Å². The number of nitrogens with zero attached hydrogens (tertiary/aromatic N) is 7. The number of nitrogens with one attached hydrogen (secondary N) is 1. The summed E-state index contributed by atoms with van der Waals surface area (Å²) in [5.74, 6) is 0.827. The molecule has 0 radical (unpaired) electrons. The Kier molecular flexibility index (Phi) is 6.47. The molecule has 2 aliphatic rings. The van der Waals surface area contributed by atoms with E-state index in [1.165, 1.54) is 12.7 Å². The molecule has 0 aliphatic carbocycles. The number of piperidine rings is 1. The van der Waals surface area contributed by atoms with E-state index in [9.17, 15) is 4.79 Å². The van der Waals surface area contributed by atoms with Gasteiger partial charge < -0.3 is 24.4 Å². The molecule has 1 amide bonds. The number of anilines is 3. The first-order chi connectivity index (χ1) is 18.0. The number of carbonyl (C=O) groups is 1. The van der Waals surface area contributed by atoms with Crippen LogP contribution in [0.1, 0.15) is 35.4 Å². The highest BCUT2D eigenvalue weighted by atomic mass is 32.1. The van der Waals surface area contributed by atoms with E-state index >= 15 is 0 Å². The van der Waals surface area contributed by atoms with Crippen molar-refractivity contribution in [1.82, 2.24) is 24.8 Å². The molecular weight excluding hydrogens is 488 g/mol. The molecule has 0 spiro atoms. The van der Waals surface area contributed by atoms with E-state index in [0.29, 0.717) is 11.6 Å². The van der Waals surface area contributed by atoms with E-state index in [-0.39, 0.29) is 11.6 Å². The number of fused-ring (bicyclic) bond motifs is 1. The summed E-state index contributed by atoms with van der Waals surface area (Å²) in [4.78, 5) is 38.6. The third-order valence-electron chi connectivity index (χ3n) is 6.91. The Morgan fingerprint density at radius 1 is 1.00 bits per heavy atom. The number of pyridine rings is 2. The smallest absolute Gasteiger partial charge is 0.277 e. The normalized spacial score (nSPS) is 16.9. The van der Waals surface area contributed by atoms with Crippen LogP contribution in [-0.2, 0) is 0 Å². The number of hydrogen-bond donors (Lipinski definition) is 1. The van der Waals surface area contributed by atoms with Gasteiger partial charge in [0.05, 0.1) is 10.4 Å². The minimum atomic E-state index is -0.330. The fourth-order valence-electron chi connectivity index (χ4n) is 4.79. The lowest BCUT2D eigenvalue weighted by Gasteiger charge is -2.31. The molecule has 0 atom stereocenters. The second-order valence-electron chi connectivity index (χ2n) is 9.69. The molecule has 0 unspecified atom stereocenters. The summed E-state index contributed by atoms with van der Waals surface area (Å²) in [6.45, 7) is 7.65. The van der Waals surface area contributed by atoms with Gasteiger partial charge in [-0.25, -0.2) is 9.97 Å². The Bertz CT molecular complexity index is 1420. The largest absolute Gasteiger partial charge is 0.444 e. The number of thiazole rings is 1. The van der Waals surface area contributed by atoms with Gasteiger partial charge in [-0.15, -0.1) is 0 Å². The van der Waals surface area contributed by atoms with Crippen molar-refractivity contribution in [3.63, 3.8) is 0 Å². The van der Waals surface area contributed by atoms with Gasteiger partial charge in [-0.3, -0.25) is 9.78 Å². The van der Waals surface area contributed by atoms with Crippen LogP contribution >= 0.6 is 11.3 Å². The maximum Gasteiger partial charge on any atom is 0.277 e. The first-order valence-electron chi connectivity index (χ1n) is 12.7. The summed E-state index contributed by atoms with van der Waals surface area (Å²) in [7, 11) is 2.15. The second-order valence-corrected chi connectivity index (χ2v) is 10.7. The molecular formula is C26H30N8O2S. The monoisotopic (exact) mass is 518 g/mol. The van der Waals surface area contributed by atoms with Crippen molar-refractivity contribution >= 4 is 44.2 Å². The molecule has 4 aromatic rings. The van der Waals surface area contributed by atoms with Crippen molar-refractivity contribution in [3.05, 3.63) is 42.0 Å². The number of likely N-dealkylation sites (N-methyl/N-ethyl adjacent to an activating group) is 1. The predicted octanol–water partition coefficient (Wildman–Crippen LogP) is 4.04. The van der Waals surface area contributed by atoms with Gasteiger partial charge in [0.25, 0.3) is 5.91 Å². The fourth-order valence-corrected chi connectivity index (χ4v) is 5.79. The van der Waals surface area contributed by atoms with Gasteiger partial charge in [0.1, 0.15) is 6.26 Å². The third-order valence-corrected chi connectivity index (χ3v) is 7.96. The molecule has 0 saturated carbocycles. The van der Waals surface area contributed by atoms with Crippen molar-refractivity contribution < 1.29 is 9.21 Å². The highest BCUT2D eigenvalue weighted by Crippen LogP contribution is 2.36. The fraction of sp³-hybridized carbons (Fsp3) is 0.423. The van der Waals surface area contributed by atoms with E-state index in [1.807, 2.05) is 25.1 Å². The maximum atomic E-state index is 13.3. The molecule has 0 aromatic carbocycles. The highest BCUT2D eigenvalue weighted by Gasteiger charge is 2.24. The lowest BCUT2D eigenvalue weighted by Crippen LogP contribution is -2.44. The minimum Gasteiger partial charge on any atom is -0.444 e. The SMILES string of the molecule is Cc1cc(-c2nc(C(=O)Nc3cc4sc(N5CCN(C)CC5)nc4nc3N3CCCCC3)co2)ccn1. The number of hydrogen-bond acceptors (Lipinski definition) is 10. The number of oxazole rings is 1. The highest BCUT2D eigenvalue weighted by molar-refractivity contribution is 7.22. The van der Waals surface area contributed by atoms with Crippen LogP contribution in [0.3, 0.4) is 0 Å². The average molecular weight is 519 g/mol. The number of rotatable bonds is 5. The van der Waals surface area contributed by atoms with Gasteiger partial charge >= 0.3 is 0 Å². The van der Waals surface area contributed by atoms with Gasteiger partial charge in [0, 0.05) is 56.7 Å². The molecule has 2 aliphatic heterocycles. The van der Waals surface area contributed by atoms with E-state index in [0.717, 1.165) is 84.7 Å². The van der Waals surface area contributed by atoms with Crippen LogP contribution in [0.15, 0.2) is 35.1 Å². The molecule has 2 saturated heterocycles. The molecule has 2 fully saturated rings. The number of piperazine rings is 1. The summed E-state index contributed by atoms with van der Waals surface area (Å²) in [6.07, 6.45) is 6.52. The Balaban J connectivity index is 1.30. The van der Waals surface area contributed by atoms with Crippen molar-refractivity contribution in [2.24, 2.45) is 0 Å². The first kappa shape index (κ1) is 23.8. The summed E-state index contributed by atoms with van der Waals surface area (Å²) in [5.41, 5.74) is 3.26. The van der Waals surface area contributed by atoms with Crippen LogP contribution in [0.4, 0.5) is 16.6 Å². The zero-order chi connectivity index (χ0) is 25.4. The molecule has 192 valence electrons. The number of carbonyl (C=O) groups excluding carboxylic acids is 1. The van der Waals surface area contributed by atoms with Crippen LogP contribution in [0.5, 0.6) is 0 Å². The van der Waals surface area contributed by atoms with Crippen molar-refractivity contribution in [2.75, 3.05) is 61.4 Å². The second kappa shape index (κ2) is 10.1. The molecule has 37 heavy (non-hydrogen) atoms. The van der Waals surface area contributed by atoms with E-state index in [2.05, 4.69) is 37.0 Å². The van der Waals surface area contributed by atoms with Crippen LogP contribution in [-0.4, -0.2) is 77.1 Å². The van der Waals surface area contributed by atoms with Crippen LogP contribution < -0.4 is 15.1 Å². The quantitative estimate of drug-likeness (QED) is 0.419. The zero-order valence-electron chi connectivity index (χ0n) is 21.1. The summed E-state index contributed by atoms with van der Waals surface area (Å²) < 4.78 is 6.57. The number of amides is 1. The molecule has 6 rings (SSSR count). The first-order valence-corrected chi connectivity index (χ1v) is 13.5. The lowest BCUT2D eigenvalue weighted by atomic mass is 10.1. The molecule has 1 N–H and O–H groups in total. The van der Waals surface area contributed by atoms with Gasteiger partial charge in [0.15, 0.2) is 22.3 Å². The van der Waals surface area contributed by atoms with Gasteiger partial charge in [-0.05, 0) is 51.4 Å². The summed E-state index contributed by atoms with van der Waals surface area (Å²) in [6, 6.07) is 5.70. The van der Waals surface area contributed by atoms with Crippen LogP contribution in [0.2, 0.25) is 0 Å². The number of aryl methyl sites for hydroxylation is 1. The standard InChI is InChI=1S/C26H30N8O2S/c1-17-14-18(6-7-27-17)25-29-20(16-36-25)24(35)28-19-15-21-22(30-23(19)33-8-4-3-5-9-33)31-26(37-21)34-12-10-32(2)11-13-34/h6-7,14-16H,3-5,8-13H2,1-2H3,(H,28,35). The summed E-state index contributed by atoms with van der Waals surface area (Å²) >= 11 is 1.62. The molecule has 0 bridgehead atoms. The van der Waals surface area contributed by atoms with Crippen molar-refractivity contribution in [2.45, 2.75) is 26.2 Å².